The van der Waals surface area contributed by atoms with Crippen LogP contribution in [-0.2, 0) is 10.0 Å². The monoisotopic (exact) mass is 290 g/mol. The Morgan fingerprint density at radius 1 is 1.33 bits per heavy atom. The highest BCUT2D eigenvalue weighted by atomic mass is 35.5. The first-order chi connectivity index (χ1) is 8.55. The van der Waals surface area contributed by atoms with Crippen molar-refractivity contribution in [2.75, 3.05) is 18.5 Å². The van der Waals surface area contributed by atoms with Crippen LogP contribution in [-0.4, -0.2) is 30.8 Å². The predicted octanol–water partition coefficient (Wildman–Crippen LogP) is 1.20. The quantitative estimate of drug-likeness (QED) is 0.645. The average Bonchev–Trinajstić information content (AvgIpc) is 2.39. The number of pyridine rings is 1. The maximum Gasteiger partial charge on any atom is 0.244 e. The van der Waals surface area contributed by atoms with Crippen molar-refractivity contribution in [2.24, 2.45) is 5.84 Å². The molecule has 0 aliphatic carbocycles. The molecule has 3 N–H and O–H groups in total. The minimum Gasteiger partial charge on any atom is -0.307 e. The molecule has 18 heavy (non-hydrogen) atoms. The molecule has 1 aliphatic heterocycles. The molecular formula is C10H15ClN4O2S. The summed E-state index contributed by atoms with van der Waals surface area (Å²) in [5, 5.41) is 0.190. The van der Waals surface area contributed by atoms with Crippen LogP contribution >= 0.6 is 11.6 Å². The van der Waals surface area contributed by atoms with Gasteiger partial charge in [-0.15, -0.1) is 0 Å². The fourth-order valence-corrected chi connectivity index (χ4v) is 3.70. The second-order valence-electron chi connectivity index (χ2n) is 4.11. The lowest BCUT2D eigenvalue weighted by Crippen LogP contribution is -2.35. The van der Waals surface area contributed by atoms with E-state index in [4.69, 9.17) is 17.4 Å². The first-order valence-electron chi connectivity index (χ1n) is 5.68. The standard InChI is InChI=1S/C10H15ClN4O2S/c11-9-6-8(7-13-10(9)14-12)18(16,17)15-4-2-1-3-5-15/h6-7H,1-5,12H2,(H,13,14). The van der Waals surface area contributed by atoms with Crippen molar-refractivity contribution in [1.29, 1.82) is 0 Å². The summed E-state index contributed by atoms with van der Waals surface area (Å²) in [5.74, 6) is 5.45. The maximum atomic E-state index is 12.3. The van der Waals surface area contributed by atoms with E-state index in [9.17, 15) is 8.42 Å². The number of sulfonamides is 1. The molecule has 0 amide bonds. The number of anilines is 1. The largest absolute Gasteiger partial charge is 0.307 e. The third-order valence-electron chi connectivity index (χ3n) is 2.91. The van der Waals surface area contributed by atoms with Crippen molar-refractivity contribution in [1.82, 2.24) is 9.29 Å². The first-order valence-corrected chi connectivity index (χ1v) is 7.50. The third kappa shape index (κ3) is 2.59. The molecule has 0 bridgehead atoms. The molecule has 1 aliphatic rings. The van der Waals surface area contributed by atoms with E-state index < -0.39 is 10.0 Å². The van der Waals surface area contributed by atoms with Crippen molar-refractivity contribution >= 4 is 27.4 Å². The number of nitrogens with two attached hydrogens (primary N) is 1. The second-order valence-corrected chi connectivity index (χ2v) is 6.46. The molecule has 0 unspecified atom stereocenters. The molecule has 2 heterocycles. The number of nitrogens with zero attached hydrogens (tertiary/aromatic N) is 2. The Balaban J connectivity index is 2.32. The number of nitrogen functional groups attached to an aromatic ring is 1. The highest BCUT2D eigenvalue weighted by molar-refractivity contribution is 7.89. The summed E-state index contributed by atoms with van der Waals surface area (Å²) in [6.45, 7) is 1.10. The van der Waals surface area contributed by atoms with E-state index in [-0.39, 0.29) is 15.7 Å². The molecule has 1 saturated heterocycles. The van der Waals surface area contributed by atoms with Gasteiger partial charge in [-0.3, -0.25) is 0 Å². The molecule has 0 atom stereocenters. The molecule has 0 spiro atoms. The number of hydrogen-bond acceptors (Lipinski definition) is 5. The molecule has 0 aromatic carbocycles. The van der Waals surface area contributed by atoms with Crippen LogP contribution in [0.4, 0.5) is 5.82 Å². The van der Waals surface area contributed by atoms with Gasteiger partial charge >= 0.3 is 0 Å². The van der Waals surface area contributed by atoms with Gasteiger partial charge < -0.3 is 5.43 Å². The van der Waals surface area contributed by atoms with Gasteiger partial charge in [0.1, 0.15) is 4.90 Å². The van der Waals surface area contributed by atoms with Gasteiger partial charge in [0.15, 0.2) is 5.82 Å². The SMILES string of the molecule is NNc1ncc(S(=O)(=O)N2CCCCC2)cc1Cl. The summed E-state index contributed by atoms with van der Waals surface area (Å²) < 4.78 is 26.1. The molecule has 1 fully saturated rings. The molecule has 1 aromatic heterocycles. The normalized spacial score (nSPS) is 17.7. The van der Waals surface area contributed by atoms with Crippen LogP contribution in [0.25, 0.3) is 0 Å². The second kappa shape index (κ2) is 5.40. The van der Waals surface area contributed by atoms with Gasteiger partial charge in [0.25, 0.3) is 0 Å². The lowest BCUT2D eigenvalue weighted by atomic mass is 10.2. The van der Waals surface area contributed by atoms with Crippen LogP contribution in [0.2, 0.25) is 5.02 Å². The van der Waals surface area contributed by atoms with Crippen molar-refractivity contribution < 1.29 is 8.42 Å². The number of aromatic nitrogens is 1. The third-order valence-corrected chi connectivity index (χ3v) is 5.06. The lowest BCUT2D eigenvalue weighted by Gasteiger charge is -2.25. The highest BCUT2D eigenvalue weighted by Crippen LogP contribution is 2.25. The van der Waals surface area contributed by atoms with Crippen molar-refractivity contribution in [3.63, 3.8) is 0 Å². The summed E-state index contributed by atoms with van der Waals surface area (Å²) in [6.07, 6.45) is 4.12. The van der Waals surface area contributed by atoms with Crippen molar-refractivity contribution in [3.05, 3.63) is 17.3 Å². The predicted molar refractivity (Wildman–Crippen MR) is 69.7 cm³/mol. The maximum absolute atomic E-state index is 12.3. The molecule has 100 valence electrons. The number of hydrogen-bond donors (Lipinski definition) is 2. The van der Waals surface area contributed by atoms with Crippen LogP contribution in [0.3, 0.4) is 0 Å². The molecule has 0 saturated carbocycles. The fourth-order valence-electron chi connectivity index (χ4n) is 1.92. The van der Waals surface area contributed by atoms with Gasteiger partial charge in [0.05, 0.1) is 5.02 Å². The number of piperidine rings is 1. The van der Waals surface area contributed by atoms with Gasteiger partial charge in [0.2, 0.25) is 10.0 Å². The number of hydrazine groups is 1. The Bertz CT molecular complexity index is 529. The van der Waals surface area contributed by atoms with E-state index in [1.54, 1.807) is 0 Å². The number of rotatable bonds is 3. The first kappa shape index (κ1) is 13.5. The summed E-state index contributed by atoms with van der Waals surface area (Å²) in [5.41, 5.74) is 2.30. The molecule has 8 heteroatoms. The molecule has 6 nitrogen and oxygen atoms in total. The summed E-state index contributed by atoms with van der Waals surface area (Å²) in [6, 6.07) is 1.37. The Hall–Kier alpha value is -0.890. The van der Waals surface area contributed by atoms with Crippen LogP contribution in [0.1, 0.15) is 19.3 Å². The summed E-state index contributed by atoms with van der Waals surface area (Å²) >= 11 is 5.89. The van der Waals surface area contributed by atoms with E-state index >= 15 is 0 Å². The van der Waals surface area contributed by atoms with E-state index in [1.807, 2.05) is 0 Å². The Morgan fingerprint density at radius 2 is 2.00 bits per heavy atom. The molecule has 2 rings (SSSR count). The fraction of sp³-hybridized carbons (Fsp3) is 0.500. The van der Waals surface area contributed by atoms with Crippen LogP contribution in [0.5, 0.6) is 0 Å². The summed E-state index contributed by atoms with van der Waals surface area (Å²) in [4.78, 5) is 3.99. The van der Waals surface area contributed by atoms with Gasteiger partial charge in [0, 0.05) is 19.3 Å². The molecule has 1 aromatic rings. The van der Waals surface area contributed by atoms with E-state index in [0.717, 1.165) is 19.3 Å². The van der Waals surface area contributed by atoms with E-state index in [2.05, 4.69) is 10.4 Å². The van der Waals surface area contributed by atoms with Crippen LogP contribution in [0.15, 0.2) is 17.2 Å². The van der Waals surface area contributed by atoms with Gasteiger partial charge in [-0.05, 0) is 18.9 Å². The van der Waals surface area contributed by atoms with Crippen molar-refractivity contribution in [3.8, 4) is 0 Å². The molecule has 0 radical (unpaired) electrons. The highest BCUT2D eigenvalue weighted by Gasteiger charge is 2.26. The zero-order valence-electron chi connectivity index (χ0n) is 9.76. The topological polar surface area (TPSA) is 88.3 Å². The molecular weight excluding hydrogens is 276 g/mol. The Kier molecular flexibility index (Phi) is 4.06. The van der Waals surface area contributed by atoms with E-state index in [0.29, 0.717) is 13.1 Å². The number of nitrogens with one attached hydrogen (secondary N) is 1. The summed E-state index contributed by atoms with van der Waals surface area (Å²) in [7, 11) is -3.49. The van der Waals surface area contributed by atoms with E-state index in [1.165, 1.54) is 16.6 Å². The van der Waals surface area contributed by atoms with Gasteiger partial charge in [-0.2, -0.15) is 4.31 Å². The van der Waals surface area contributed by atoms with Crippen LogP contribution < -0.4 is 11.3 Å². The number of halogens is 1. The zero-order valence-corrected chi connectivity index (χ0v) is 11.3. The average molecular weight is 291 g/mol. The van der Waals surface area contributed by atoms with Crippen LogP contribution in [0, 0.1) is 0 Å². The minimum atomic E-state index is -3.49. The zero-order chi connectivity index (χ0) is 13.2. The van der Waals surface area contributed by atoms with Crippen molar-refractivity contribution in [2.45, 2.75) is 24.2 Å². The lowest BCUT2D eigenvalue weighted by molar-refractivity contribution is 0.346. The van der Waals surface area contributed by atoms with Gasteiger partial charge in [-0.25, -0.2) is 19.2 Å². The Morgan fingerprint density at radius 3 is 2.56 bits per heavy atom. The Labute approximate surface area is 111 Å². The van der Waals surface area contributed by atoms with Gasteiger partial charge in [-0.1, -0.05) is 18.0 Å². The minimum absolute atomic E-state index is 0.105. The smallest absolute Gasteiger partial charge is 0.244 e.